The molecule has 2 heterocycles. The van der Waals surface area contributed by atoms with Gasteiger partial charge in [-0.15, -0.1) is 0 Å². The summed E-state index contributed by atoms with van der Waals surface area (Å²) in [6.07, 6.45) is 0.705. The number of fused-ring (bicyclic) bond motifs is 1. The van der Waals surface area contributed by atoms with E-state index in [0.717, 1.165) is 28.3 Å². The summed E-state index contributed by atoms with van der Waals surface area (Å²) in [6, 6.07) is 18.1. The van der Waals surface area contributed by atoms with Crippen molar-refractivity contribution in [3.8, 4) is 5.69 Å². The second-order valence-electron chi connectivity index (χ2n) is 5.64. The first-order valence-corrected chi connectivity index (χ1v) is 8.50. The maximum Gasteiger partial charge on any atom is 0.319 e. The Balaban J connectivity index is 1.81. The monoisotopic (exact) mass is 324 g/mol. The molecule has 0 N–H and O–H groups in total. The van der Waals surface area contributed by atoms with Crippen molar-refractivity contribution in [3.05, 3.63) is 54.6 Å². The SMILES string of the molecule is CC1CC(Sc2nc3ccccc3n2-c2ccccc2)C(=O)O1. The van der Waals surface area contributed by atoms with Crippen LogP contribution in [0.5, 0.6) is 0 Å². The lowest BCUT2D eigenvalue weighted by molar-refractivity contribution is -0.140. The molecule has 0 aliphatic carbocycles. The van der Waals surface area contributed by atoms with Crippen LogP contribution in [0.3, 0.4) is 0 Å². The molecule has 3 aromatic rings. The average Bonchev–Trinajstić information content (AvgIpc) is 3.07. The number of nitrogens with zero attached hydrogens (tertiary/aromatic N) is 2. The molecular weight excluding hydrogens is 308 g/mol. The van der Waals surface area contributed by atoms with Crippen molar-refractivity contribution in [2.45, 2.75) is 29.9 Å². The highest BCUT2D eigenvalue weighted by molar-refractivity contribution is 8.00. The predicted octanol–water partition coefficient (Wildman–Crippen LogP) is 3.82. The first-order valence-electron chi connectivity index (χ1n) is 7.62. The number of carbonyl (C=O) groups is 1. The fourth-order valence-electron chi connectivity index (χ4n) is 2.85. The molecule has 0 bridgehead atoms. The van der Waals surface area contributed by atoms with Crippen LogP contribution in [0.1, 0.15) is 13.3 Å². The molecule has 4 rings (SSSR count). The van der Waals surface area contributed by atoms with Gasteiger partial charge < -0.3 is 4.74 Å². The molecule has 1 aliphatic rings. The van der Waals surface area contributed by atoms with E-state index in [9.17, 15) is 4.79 Å². The zero-order valence-electron chi connectivity index (χ0n) is 12.7. The normalized spacial score (nSPS) is 20.8. The number of thioether (sulfide) groups is 1. The molecule has 2 unspecified atom stereocenters. The first-order chi connectivity index (χ1) is 11.2. The largest absolute Gasteiger partial charge is 0.462 e. The molecular formula is C18H16N2O2S. The Labute approximate surface area is 138 Å². The molecule has 4 nitrogen and oxygen atoms in total. The Morgan fingerprint density at radius 3 is 2.61 bits per heavy atom. The summed E-state index contributed by atoms with van der Waals surface area (Å²) in [5, 5.41) is 0.637. The van der Waals surface area contributed by atoms with Gasteiger partial charge >= 0.3 is 5.97 Å². The number of carbonyl (C=O) groups excluding carboxylic acids is 1. The third-order valence-electron chi connectivity index (χ3n) is 3.92. The van der Waals surface area contributed by atoms with Crippen LogP contribution in [0.25, 0.3) is 16.7 Å². The lowest BCUT2D eigenvalue weighted by Crippen LogP contribution is -2.11. The Bertz CT molecular complexity index is 860. The Hall–Kier alpha value is -2.27. The molecule has 5 heteroatoms. The number of hydrogen-bond acceptors (Lipinski definition) is 4. The highest BCUT2D eigenvalue weighted by Gasteiger charge is 2.34. The molecule has 1 fully saturated rings. The summed E-state index contributed by atoms with van der Waals surface area (Å²) < 4.78 is 7.38. The minimum absolute atomic E-state index is 0.0189. The third kappa shape index (κ3) is 2.61. The predicted molar refractivity (Wildman–Crippen MR) is 90.9 cm³/mol. The smallest absolute Gasteiger partial charge is 0.319 e. The molecule has 1 saturated heterocycles. The van der Waals surface area contributed by atoms with Crippen molar-refractivity contribution in [1.82, 2.24) is 9.55 Å². The van der Waals surface area contributed by atoms with Gasteiger partial charge in [0.1, 0.15) is 11.4 Å². The van der Waals surface area contributed by atoms with E-state index in [1.54, 1.807) is 0 Å². The molecule has 2 atom stereocenters. The number of aromatic nitrogens is 2. The quantitative estimate of drug-likeness (QED) is 0.687. The molecule has 0 saturated carbocycles. The molecule has 23 heavy (non-hydrogen) atoms. The summed E-state index contributed by atoms with van der Waals surface area (Å²) >= 11 is 1.49. The molecule has 0 amide bonds. The zero-order valence-corrected chi connectivity index (χ0v) is 13.5. The minimum atomic E-state index is -0.190. The molecule has 1 aromatic heterocycles. The Morgan fingerprint density at radius 1 is 1.13 bits per heavy atom. The van der Waals surface area contributed by atoms with Crippen LogP contribution in [0.4, 0.5) is 0 Å². The van der Waals surface area contributed by atoms with Gasteiger partial charge in [-0.2, -0.15) is 0 Å². The lowest BCUT2D eigenvalue weighted by atomic mass is 10.3. The van der Waals surface area contributed by atoms with E-state index >= 15 is 0 Å². The van der Waals surface area contributed by atoms with Gasteiger partial charge in [0.15, 0.2) is 5.16 Å². The fraction of sp³-hybridized carbons (Fsp3) is 0.222. The topological polar surface area (TPSA) is 44.1 Å². The summed E-state index contributed by atoms with van der Waals surface area (Å²) in [7, 11) is 0. The number of rotatable bonds is 3. The van der Waals surface area contributed by atoms with Crippen LogP contribution in [-0.4, -0.2) is 26.9 Å². The van der Waals surface area contributed by atoms with E-state index in [-0.39, 0.29) is 17.3 Å². The summed E-state index contributed by atoms with van der Waals surface area (Å²) in [5.74, 6) is -0.144. The standard InChI is InChI=1S/C18H16N2O2S/c1-12-11-16(17(21)22-12)23-18-19-14-9-5-6-10-15(14)20(18)13-7-3-2-4-8-13/h2-10,12,16H,11H2,1H3. The molecule has 116 valence electrons. The molecule has 1 aliphatic heterocycles. The van der Waals surface area contributed by atoms with Crippen molar-refractivity contribution in [1.29, 1.82) is 0 Å². The maximum atomic E-state index is 12.0. The van der Waals surface area contributed by atoms with Crippen molar-refractivity contribution in [2.24, 2.45) is 0 Å². The second-order valence-corrected chi connectivity index (χ2v) is 6.81. The third-order valence-corrected chi connectivity index (χ3v) is 5.07. The van der Waals surface area contributed by atoms with E-state index in [4.69, 9.17) is 9.72 Å². The van der Waals surface area contributed by atoms with Gasteiger partial charge in [0.2, 0.25) is 0 Å². The van der Waals surface area contributed by atoms with Gasteiger partial charge in [-0.3, -0.25) is 9.36 Å². The number of imidazole rings is 1. The number of cyclic esters (lactones) is 1. The average molecular weight is 324 g/mol. The highest BCUT2D eigenvalue weighted by atomic mass is 32.2. The second kappa shape index (κ2) is 5.74. The van der Waals surface area contributed by atoms with Gasteiger partial charge in [-0.1, -0.05) is 42.1 Å². The molecule has 0 spiro atoms. The van der Waals surface area contributed by atoms with E-state index in [1.807, 2.05) is 55.5 Å². The minimum Gasteiger partial charge on any atom is -0.462 e. The number of benzene rings is 2. The van der Waals surface area contributed by atoms with E-state index in [2.05, 4.69) is 10.6 Å². The van der Waals surface area contributed by atoms with Gasteiger partial charge in [-0.25, -0.2) is 4.98 Å². The summed E-state index contributed by atoms with van der Waals surface area (Å²) in [6.45, 7) is 1.93. The van der Waals surface area contributed by atoms with Crippen LogP contribution in [0, 0.1) is 0 Å². The summed E-state index contributed by atoms with van der Waals surface area (Å²) in [4.78, 5) is 16.7. The molecule has 0 radical (unpaired) electrons. The van der Waals surface area contributed by atoms with Crippen LogP contribution in [0.2, 0.25) is 0 Å². The van der Waals surface area contributed by atoms with E-state index in [0.29, 0.717) is 0 Å². The van der Waals surface area contributed by atoms with Crippen molar-refractivity contribution in [3.63, 3.8) is 0 Å². The van der Waals surface area contributed by atoms with Crippen LogP contribution in [0.15, 0.2) is 59.8 Å². The van der Waals surface area contributed by atoms with Crippen LogP contribution < -0.4 is 0 Å². The van der Waals surface area contributed by atoms with E-state index in [1.165, 1.54) is 11.8 Å². The number of hydrogen-bond donors (Lipinski definition) is 0. The highest BCUT2D eigenvalue weighted by Crippen LogP contribution is 2.35. The van der Waals surface area contributed by atoms with E-state index < -0.39 is 0 Å². The van der Waals surface area contributed by atoms with Gasteiger partial charge in [0.05, 0.1) is 11.0 Å². The fourth-order valence-corrected chi connectivity index (χ4v) is 4.09. The van der Waals surface area contributed by atoms with Crippen LogP contribution >= 0.6 is 11.8 Å². The van der Waals surface area contributed by atoms with Crippen molar-refractivity contribution >= 4 is 28.8 Å². The van der Waals surface area contributed by atoms with Gasteiger partial charge in [0.25, 0.3) is 0 Å². The van der Waals surface area contributed by atoms with Crippen molar-refractivity contribution < 1.29 is 9.53 Å². The maximum absolute atomic E-state index is 12.0. The lowest BCUT2D eigenvalue weighted by Gasteiger charge is -2.10. The van der Waals surface area contributed by atoms with Gasteiger partial charge in [0, 0.05) is 12.1 Å². The Kier molecular flexibility index (Phi) is 3.58. The molecule has 2 aromatic carbocycles. The number of esters is 1. The Morgan fingerprint density at radius 2 is 1.87 bits per heavy atom. The number of para-hydroxylation sites is 3. The summed E-state index contributed by atoms with van der Waals surface area (Å²) in [5.41, 5.74) is 3.02. The van der Waals surface area contributed by atoms with Crippen molar-refractivity contribution in [2.75, 3.05) is 0 Å². The first kappa shape index (κ1) is 14.3. The van der Waals surface area contributed by atoms with Crippen LogP contribution in [-0.2, 0) is 9.53 Å². The van der Waals surface area contributed by atoms with Gasteiger partial charge in [-0.05, 0) is 31.2 Å². The number of ether oxygens (including phenoxy) is 1. The zero-order chi connectivity index (χ0) is 15.8.